The van der Waals surface area contributed by atoms with Crippen molar-refractivity contribution in [1.29, 1.82) is 0 Å². The Hall–Kier alpha value is -5.90. The molecule has 5 aromatic rings. The summed E-state index contributed by atoms with van der Waals surface area (Å²) in [5.41, 5.74) is 6.97. The number of rotatable bonds is 5. The monoisotopic (exact) mass is 988 g/mol. The summed E-state index contributed by atoms with van der Waals surface area (Å²) in [6.07, 6.45) is 10.3. The van der Waals surface area contributed by atoms with Crippen LogP contribution in [0.5, 0.6) is 0 Å². The van der Waals surface area contributed by atoms with Crippen LogP contribution in [0.2, 0.25) is 10.0 Å². The number of aryl methyl sites for hydroxylation is 1. The number of nitrogens with zero attached hydrogens (tertiary/aromatic N) is 8. The van der Waals surface area contributed by atoms with Crippen LogP contribution in [0.4, 0.5) is 9.59 Å². The van der Waals surface area contributed by atoms with Crippen LogP contribution in [-0.4, -0.2) is 126 Å². The molecule has 0 spiro atoms. The summed E-state index contributed by atoms with van der Waals surface area (Å²) in [5, 5.41) is 13.2. The quantitative estimate of drug-likeness (QED) is 0.180. The molecule has 368 valence electrons. The van der Waals surface area contributed by atoms with Gasteiger partial charge in [0.05, 0.1) is 41.7 Å². The number of carbonyl (C=O) groups is 3. The number of hydrogen-bond donors (Lipinski definition) is 1. The first kappa shape index (κ1) is 50.5. The molecule has 2 aromatic carbocycles. The fourth-order valence-electron chi connectivity index (χ4n) is 9.70. The van der Waals surface area contributed by atoms with Gasteiger partial charge in [-0.25, -0.2) is 14.6 Å². The van der Waals surface area contributed by atoms with Gasteiger partial charge in [0.2, 0.25) is 0 Å². The van der Waals surface area contributed by atoms with Gasteiger partial charge in [0, 0.05) is 87.4 Å². The molecule has 2 saturated heterocycles. The van der Waals surface area contributed by atoms with Crippen molar-refractivity contribution < 1.29 is 29.0 Å². The van der Waals surface area contributed by atoms with Crippen LogP contribution in [-0.2, 0) is 26.9 Å². The molecule has 0 radical (unpaired) electrons. The second-order valence-corrected chi connectivity index (χ2v) is 21.2. The van der Waals surface area contributed by atoms with Crippen LogP contribution >= 0.6 is 23.2 Å². The molecule has 2 aliphatic carbocycles. The normalized spacial score (nSPS) is 19.3. The molecular formula is C54H62Cl2N8O6. The lowest BCUT2D eigenvalue weighted by Crippen LogP contribution is -2.51. The maximum absolute atomic E-state index is 12.7. The van der Waals surface area contributed by atoms with E-state index in [0.29, 0.717) is 73.7 Å². The SMILES string of the molecule is CC(=O)C1=Cc2cccnc2[C@@H](N2CCN(C(=O)OC(C)(C)C)CC2)c2ccc(Cl)cc21.Cn1cncc1C(C)(O)C1=Cc2cccnc2[C@@H](N2CCN(C(=O)OC(C)(C)C)CC2)c2ccc(Cl)cc21. The average molecular weight is 990 g/mol. The Balaban J connectivity index is 0.000000191. The van der Waals surface area contributed by atoms with Crippen LogP contribution < -0.4 is 0 Å². The van der Waals surface area contributed by atoms with Crippen LogP contribution in [0, 0.1) is 0 Å². The van der Waals surface area contributed by atoms with Gasteiger partial charge in [0.1, 0.15) is 16.8 Å². The summed E-state index contributed by atoms with van der Waals surface area (Å²) < 4.78 is 13.0. The fourth-order valence-corrected chi connectivity index (χ4v) is 10.0. The van der Waals surface area contributed by atoms with Gasteiger partial charge in [-0.05, 0) is 143 Å². The number of halogens is 2. The summed E-state index contributed by atoms with van der Waals surface area (Å²) in [5.74, 6) is -0.0151. The molecule has 2 amide bonds. The van der Waals surface area contributed by atoms with Gasteiger partial charge in [0.25, 0.3) is 0 Å². The largest absolute Gasteiger partial charge is 0.444 e. The summed E-state index contributed by atoms with van der Waals surface area (Å²) >= 11 is 12.9. The van der Waals surface area contributed by atoms with Gasteiger partial charge in [0.15, 0.2) is 5.78 Å². The van der Waals surface area contributed by atoms with Crippen molar-refractivity contribution in [2.24, 2.45) is 7.05 Å². The Morgan fingerprint density at radius 2 is 1.11 bits per heavy atom. The second-order valence-electron chi connectivity index (χ2n) is 20.4. The van der Waals surface area contributed by atoms with E-state index < -0.39 is 16.8 Å². The number of benzene rings is 2. The van der Waals surface area contributed by atoms with Crippen LogP contribution in [0.3, 0.4) is 0 Å². The highest BCUT2D eigenvalue weighted by molar-refractivity contribution is 6.32. The number of imidazole rings is 1. The molecular weight excluding hydrogens is 928 g/mol. The number of Topliss-reactive ketones (excluding diaryl/α,β-unsaturated/α-hetero) is 1. The van der Waals surface area contributed by atoms with Crippen molar-refractivity contribution in [1.82, 2.24) is 39.1 Å². The fraction of sp³-hybridized carbons (Fsp3) is 0.407. The molecule has 4 aliphatic rings. The first-order valence-electron chi connectivity index (χ1n) is 23.7. The van der Waals surface area contributed by atoms with Crippen LogP contribution in [0.25, 0.3) is 23.3 Å². The first-order valence-corrected chi connectivity index (χ1v) is 24.4. The number of allylic oxidation sites excluding steroid dienone is 1. The Morgan fingerprint density at radius 3 is 1.56 bits per heavy atom. The van der Waals surface area contributed by atoms with Crippen molar-refractivity contribution in [2.75, 3.05) is 52.4 Å². The first-order chi connectivity index (χ1) is 33.1. The van der Waals surface area contributed by atoms with E-state index in [2.05, 4.69) is 14.8 Å². The number of ketones is 1. The molecule has 70 heavy (non-hydrogen) atoms. The molecule has 2 aliphatic heterocycles. The van der Waals surface area contributed by atoms with Crippen molar-refractivity contribution in [3.63, 3.8) is 0 Å². The molecule has 2 fully saturated rings. The van der Waals surface area contributed by atoms with Gasteiger partial charge in [-0.15, -0.1) is 0 Å². The summed E-state index contributed by atoms with van der Waals surface area (Å²) in [6, 6.07) is 19.0. The molecule has 3 aromatic heterocycles. The summed E-state index contributed by atoms with van der Waals surface area (Å²) in [6.45, 7) is 19.4. The predicted molar refractivity (Wildman–Crippen MR) is 273 cm³/mol. The van der Waals surface area contributed by atoms with Crippen LogP contribution in [0.1, 0.15) is 118 Å². The van der Waals surface area contributed by atoms with Crippen molar-refractivity contribution in [2.45, 2.75) is 84.3 Å². The van der Waals surface area contributed by atoms with Crippen molar-refractivity contribution in [3.8, 4) is 0 Å². The number of piperazine rings is 2. The zero-order valence-corrected chi connectivity index (χ0v) is 42.9. The van der Waals surface area contributed by atoms with E-state index in [0.717, 1.165) is 50.3 Å². The lowest BCUT2D eigenvalue weighted by atomic mass is 9.84. The van der Waals surface area contributed by atoms with Gasteiger partial charge in [-0.3, -0.25) is 24.6 Å². The Bertz CT molecular complexity index is 2850. The van der Waals surface area contributed by atoms with Gasteiger partial charge in [-0.2, -0.15) is 0 Å². The third-order valence-corrected chi connectivity index (χ3v) is 13.4. The minimum atomic E-state index is -1.35. The third-order valence-electron chi connectivity index (χ3n) is 12.9. The molecule has 3 atom stereocenters. The highest BCUT2D eigenvalue weighted by Crippen LogP contribution is 2.47. The maximum Gasteiger partial charge on any atom is 0.410 e. The van der Waals surface area contributed by atoms with E-state index in [4.69, 9.17) is 42.6 Å². The predicted octanol–water partition coefficient (Wildman–Crippen LogP) is 9.69. The van der Waals surface area contributed by atoms with Crippen molar-refractivity contribution >= 4 is 64.5 Å². The number of aliphatic hydroxyl groups is 1. The lowest BCUT2D eigenvalue weighted by Gasteiger charge is -2.40. The molecule has 9 rings (SSSR count). The zero-order chi connectivity index (χ0) is 50.3. The Kier molecular flexibility index (Phi) is 14.5. The van der Waals surface area contributed by atoms with E-state index in [1.165, 1.54) is 0 Å². The number of carbonyl (C=O) groups excluding carboxylic acids is 3. The minimum Gasteiger partial charge on any atom is -0.444 e. The van der Waals surface area contributed by atoms with E-state index >= 15 is 0 Å². The summed E-state index contributed by atoms with van der Waals surface area (Å²) in [4.78, 5) is 59.7. The van der Waals surface area contributed by atoms with E-state index in [1.807, 2.05) is 126 Å². The molecule has 16 heteroatoms. The number of hydrogen-bond acceptors (Lipinski definition) is 11. The van der Waals surface area contributed by atoms with E-state index in [-0.39, 0.29) is 30.1 Å². The molecule has 1 unspecified atom stereocenters. The number of fused-ring (bicyclic) bond motifs is 4. The van der Waals surface area contributed by atoms with Crippen molar-refractivity contribution in [3.05, 3.63) is 146 Å². The van der Waals surface area contributed by atoms with Crippen LogP contribution in [0.15, 0.2) is 85.6 Å². The minimum absolute atomic E-state index is 0.0151. The molecule has 5 heterocycles. The number of pyridine rings is 2. The highest BCUT2D eigenvalue weighted by Gasteiger charge is 2.40. The Labute approximate surface area is 420 Å². The van der Waals surface area contributed by atoms with E-state index in [1.54, 1.807) is 48.6 Å². The zero-order valence-electron chi connectivity index (χ0n) is 41.4. The molecule has 14 nitrogen and oxygen atoms in total. The van der Waals surface area contributed by atoms with Gasteiger partial charge in [-0.1, -0.05) is 47.5 Å². The summed E-state index contributed by atoms with van der Waals surface area (Å²) in [7, 11) is 1.87. The smallest absolute Gasteiger partial charge is 0.410 e. The second kappa shape index (κ2) is 20.1. The highest BCUT2D eigenvalue weighted by atomic mass is 35.5. The number of ether oxygens (including phenoxy) is 2. The van der Waals surface area contributed by atoms with Gasteiger partial charge < -0.3 is 28.9 Å². The molecule has 0 saturated carbocycles. The van der Waals surface area contributed by atoms with Gasteiger partial charge >= 0.3 is 12.2 Å². The maximum atomic E-state index is 12.7. The lowest BCUT2D eigenvalue weighted by molar-refractivity contribution is -0.111. The molecule has 1 N–H and O–H groups in total. The molecule has 0 bridgehead atoms. The number of amides is 2. The van der Waals surface area contributed by atoms with E-state index in [9.17, 15) is 19.5 Å². The third kappa shape index (κ3) is 10.9. The number of aromatic nitrogens is 4. The average Bonchev–Trinajstić information content (AvgIpc) is 3.62. The Morgan fingerprint density at radius 1 is 0.657 bits per heavy atom. The topological polar surface area (TPSA) is 146 Å². The standard InChI is InChI=1S/C29H34ClN5O3.C25H28ClN3O3/c1-28(2,3)38-27(36)35-13-11-34(12-14-35)26-21-9-8-20(30)16-22(21)23(15-19-7-6-10-32-25(19)26)29(4,37)24-17-31-18-33(24)5;1-16(30)20-14-17-6-5-9-27-22(17)23(19-8-7-18(26)15-21(19)20)28-10-12-29(13-11-28)24(31)32-25(2,3)4/h6-10,15-18,26,37H,11-14H2,1-5H3;5-9,14-15,23H,10-13H2,1-4H3/t26-,29?;23-/m00/s1.